The molecular weight excluding hydrogens is 224 g/mol. The third kappa shape index (κ3) is 6.18. The van der Waals surface area contributed by atoms with Gasteiger partial charge in [-0.05, 0) is 18.9 Å². The van der Waals surface area contributed by atoms with E-state index in [0.29, 0.717) is 6.42 Å². The molecule has 0 heterocycles. The van der Waals surface area contributed by atoms with Crippen LogP contribution in [0.1, 0.15) is 50.2 Å². The van der Waals surface area contributed by atoms with E-state index in [9.17, 15) is 4.79 Å². The third-order valence-electron chi connectivity index (χ3n) is 2.70. The number of rotatable bonds is 7. The van der Waals surface area contributed by atoms with Crippen molar-refractivity contribution in [1.29, 1.82) is 0 Å². The van der Waals surface area contributed by atoms with Crippen LogP contribution in [0.2, 0.25) is 0 Å². The van der Waals surface area contributed by atoms with Crippen LogP contribution < -0.4 is 5.43 Å². The zero-order valence-corrected chi connectivity index (χ0v) is 11.3. The molecule has 0 bridgehead atoms. The lowest BCUT2D eigenvalue weighted by Gasteiger charge is -1.99. The number of nitrogens with zero attached hydrogens (tertiary/aromatic N) is 1. The van der Waals surface area contributed by atoms with Gasteiger partial charge in [-0.25, -0.2) is 5.43 Å². The zero-order chi connectivity index (χ0) is 13.2. The lowest BCUT2D eigenvalue weighted by atomic mass is 10.1. The summed E-state index contributed by atoms with van der Waals surface area (Å²) in [6, 6.07) is 7.99. The second kappa shape index (κ2) is 8.45. The topological polar surface area (TPSA) is 41.5 Å². The number of unbranched alkanes of at least 4 members (excludes halogenated alkanes) is 3. The van der Waals surface area contributed by atoms with E-state index < -0.39 is 0 Å². The van der Waals surface area contributed by atoms with Gasteiger partial charge in [-0.15, -0.1) is 0 Å². The fourth-order valence-electron chi connectivity index (χ4n) is 1.70. The van der Waals surface area contributed by atoms with Gasteiger partial charge < -0.3 is 0 Å². The molecule has 0 spiro atoms. The van der Waals surface area contributed by atoms with E-state index in [1.807, 2.05) is 31.2 Å². The summed E-state index contributed by atoms with van der Waals surface area (Å²) < 4.78 is 0. The maximum absolute atomic E-state index is 11.4. The van der Waals surface area contributed by atoms with Crippen LogP contribution in [0.15, 0.2) is 29.4 Å². The van der Waals surface area contributed by atoms with Crippen molar-refractivity contribution in [2.75, 3.05) is 0 Å². The summed E-state index contributed by atoms with van der Waals surface area (Å²) in [7, 11) is 0. The van der Waals surface area contributed by atoms with E-state index in [1.165, 1.54) is 18.4 Å². The van der Waals surface area contributed by atoms with Gasteiger partial charge in [0.25, 0.3) is 0 Å². The van der Waals surface area contributed by atoms with E-state index in [0.717, 1.165) is 18.4 Å². The minimum absolute atomic E-state index is 0.00462. The Morgan fingerprint density at radius 1 is 1.33 bits per heavy atom. The number of aryl methyl sites for hydroxylation is 1. The van der Waals surface area contributed by atoms with Crippen LogP contribution >= 0.6 is 0 Å². The van der Waals surface area contributed by atoms with Crippen molar-refractivity contribution in [2.45, 2.75) is 46.0 Å². The Morgan fingerprint density at radius 2 is 2.17 bits per heavy atom. The summed E-state index contributed by atoms with van der Waals surface area (Å²) in [4.78, 5) is 11.4. The highest BCUT2D eigenvalue weighted by Gasteiger charge is 1.98. The van der Waals surface area contributed by atoms with Crippen molar-refractivity contribution < 1.29 is 4.79 Å². The van der Waals surface area contributed by atoms with Gasteiger partial charge in [-0.1, -0.05) is 56.0 Å². The average Bonchev–Trinajstić information content (AvgIpc) is 2.35. The molecule has 0 aliphatic heterocycles. The fraction of sp³-hybridized carbons (Fsp3) is 0.467. The summed E-state index contributed by atoms with van der Waals surface area (Å²) in [6.45, 7) is 4.19. The first-order chi connectivity index (χ1) is 8.72. The van der Waals surface area contributed by atoms with Crippen molar-refractivity contribution >= 4 is 12.1 Å². The van der Waals surface area contributed by atoms with Gasteiger partial charge >= 0.3 is 0 Å². The molecule has 0 atom stereocenters. The molecular formula is C15H22N2O. The number of hydrogen-bond acceptors (Lipinski definition) is 2. The van der Waals surface area contributed by atoms with Crippen LogP contribution in [-0.2, 0) is 4.79 Å². The molecule has 18 heavy (non-hydrogen) atoms. The molecule has 0 aromatic heterocycles. The highest BCUT2D eigenvalue weighted by Crippen LogP contribution is 2.02. The fourth-order valence-corrected chi connectivity index (χ4v) is 1.70. The molecule has 0 unspecified atom stereocenters. The summed E-state index contributed by atoms with van der Waals surface area (Å²) in [5.74, 6) is -0.00462. The number of benzene rings is 1. The first-order valence-corrected chi connectivity index (χ1v) is 6.61. The van der Waals surface area contributed by atoms with E-state index in [-0.39, 0.29) is 5.91 Å². The Hall–Kier alpha value is -1.64. The second-order valence-corrected chi connectivity index (χ2v) is 4.52. The van der Waals surface area contributed by atoms with Gasteiger partial charge in [0, 0.05) is 6.42 Å². The first kappa shape index (κ1) is 14.4. The van der Waals surface area contributed by atoms with Crippen LogP contribution in [0.5, 0.6) is 0 Å². The molecule has 1 aromatic carbocycles. The van der Waals surface area contributed by atoms with Crippen molar-refractivity contribution in [1.82, 2.24) is 5.43 Å². The van der Waals surface area contributed by atoms with Gasteiger partial charge in [0.1, 0.15) is 0 Å². The van der Waals surface area contributed by atoms with E-state index in [1.54, 1.807) is 6.21 Å². The molecule has 0 fully saturated rings. The molecule has 3 heteroatoms. The van der Waals surface area contributed by atoms with Crippen LogP contribution in [0.25, 0.3) is 0 Å². The molecule has 0 radical (unpaired) electrons. The molecule has 1 rings (SSSR count). The third-order valence-corrected chi connectivity index (χ3v) is 2.70. The number of hydrazone groups is 1. The lowest BCUT2D eigenvalue weighted by molar-refractivity contribution is -0.121. The monoisotopic (exact) mass is 246 g/mol. The molecule has 0 aliphatic rings. The zero-order valence-electron chi connectivity index (χ0n) is 11.3. The molecule has 0 saturated carbocycles. The van der Waals surface area contributed by atoms with Gasteiger partial charge in [0.15, 0.2) is 0 Å². The quantitative estimate of drug-likeness (QED) is 0.447. The standard InChI is InChI=1S/C15H22N2O/c1-3-4-5-6-10-15(18)17-16-12-14-9-7-8-13(2)11-14/h7-9,11-12H,3-6,10H2,1-2H3,(H,17,18). The number of carbonyl (C=O) groups is 1. The highest BCUT2D eigenvalue weighted by molar-refractivity contribution is 5.82. The molecule has 1 aromatic rings. The first-order valence-electron chi connectivity index (χ1n) is 6.61. The molecule has 0 saturated heterocycles. The second-order valence-electron chi connectivity index (χ2n) is 4.52. The summed E-state index contributed by atoms with van der Waals surface area (Å²) in [6.07, 6.45) is 6.68. The van der Waals surface area contributed by atoms with Gasteiger partial charge in [-0.2, -0.15) is 5.10 Å². The molecule has 1 N–H and O–H groups in total. The number of amides is 1. The summed E-state index contributed by atoms with van der Waals surface area (Å²) in [5, 5.41) is 3.96. The lowest BCUT2D eigenvalue weighted by Crippen LogP contribution is -2.16. The van der Waals surface area contributed by atoms with E-state index in [4.69, 9.17) is 0 Å². The summed E-state index contributed by atoms with van der Waals surface area (Å²) in [5.41, 5.74) is 4.74. The Morgan fingerprint density at radius 3 is 2.89 bits per heavy atom. The van der Waals surface area contributed by atoms with Crippen LogP contribution in [0, 0.1) is 6.92 Å². The van der Waals surface area contributed by atoms with E-state index in [2.05, 4.69) is 17.5 Å². The minimum atomic E-state index is -0.00462. The molecule has 3 nitrogen and oxygen atoms in total. The number of hydrogen-bond donors (Lipinski definition) is 1. The Balaban J connectivity index is 2.25. The SMILES string of the molecule is CCCCCCC(=O)NN=Cc1cccc(C)c1. The highest BCUT2D eigenvalue weighted by atomic mass is 16.2. The van der Waals surface area contributed by atoms with Gasteiger partial charge in [0.2, 0.25) is 5.91 Å². The molecule has 98 valence electrons. The van der Waals surface area contributed by atoms with Gasteiger partial charge in [0.05, 0.1) is 6.21 Å². The van der Waals surface area contributed by atoms with Crippen molar-refractivity contribution in [3.05, 3.63) is 35.4 Å². The Bertz CT molecular complexity index is 399. The average molecular weight is 246 g/mol. The Labute approximate surface area is 109 Å². The molecule has 0 aliphatic carbocycles. The maximum atomic E-state index is 11.4. The minimum Gasteiger partial charge on any atom is -0.273 e. The molecule has 1 amide bonds. The number of nitrogens with one attached hydrogen (secondary N) is 1. The predicted octanol–water partition coefficient (Wildman–Crippen LogP) is 3.42. The Kier molecular flexibility index (Phi) is 6.77. The number of carbonyl (C=O) groups excluding carboxylic acids is 1. The van der Waals surface area contributed by atoms with Crippen molar-refractivity contribution in [3.63, 3.8) is 0 Å². The maximum Gasteiger partial charge on any atom is 0.240 e. The van der Waals surface area contributed by atoms with Crippen LogP contribution in [0.4, 0.5) is 0 Å². The van der Waals surface area contributed by atoms with Crippen LogP contribution in [0.3, 0.4) is 0 Å². The normalized spacial score (nSPS) is 10.8. The van der Waals surface area contributed by atoms with Crippen LogP contribution in [-0.4, -0.2) is 12.1 Å². The smallest absolute Gasteiger partial charge is 0.240 e. The van der Waals surface area contributed by atoms with Crippen molar-refractivity contribution in [3.8, 4) is 0 Å². The largest absolute Gasteiger partial charge is 0.273 e. The van der Waals surface area contributed by atoms with Gasteiger partial charge in [-0.3, -0.25) is 4.79 Å². The van der Waals surface area contributed by atoms with E-state index >= 15 is 0 Å². The summed E-state index contributed by atoms with van der Waals surface area (Å²) >= 11 is 0. The van der Waals surface area contributed by atoms with Crippen molar-refractivity contribution in [2.24, 2.45) is 5.10 Å². The predicted molar refractivity (Wildman–Crippen MR) is 75.7 cm³/mol.